The molecule has 166 valence electrons. The molecule has 4 rings (SSSR count). The first-order valence-corrected chi connectivity index (χ1v) is 12.0. The lowest BCUT2D eigenvalue weighted by Crippen LogP contribution is -2.41. The molecule has 1 aromatic carbocycles. The summed E-state index contributed by atoms with van der Waals surface area (Å²) in [5, 5.41) is 4.05. The van der Waals surface area contributed by atoms with E-state index >= 15 is 0 Å². The average Bonchev–Trinajstić information content (AvgIpc) is 3.10. The van der Waals surface area contributed by atoms with E-state index in [2.05, 4.69) is 26.1 Å². The van der Waals surface area contributed by atoms with Crippen molar-refractivity contribution < 1.29 is 14.3 Å². The van der Waals surface area contributed by atoms with E-state index in [9.17, 15) is 9.59 Å². The molecule has 1 N–H and O–H groups in total. The number of thiophene rings is 1. The fraction of sp³-hybridized carbons (Fsp3) is 0.500. The zero-order valence-corrected chi connectivity index (χ0v) is 19.9. The monoisotopic (exact) mass is 460 g/mol. The molecule has 1 aromatic heterocycles. The molecule has 0 saturated carbocycles. The molecule has 1 fully saturated rings. The van der Waals surface area contributed by atoms with Crippen LogP contribution in [0.3, 0.4) is 0 Å². The van der Waals surface area contributed by atoms with Crippen LogP contribution in [0.1, 0.15) is 58.3 Å². The lowest BCUT2D eigenvalue weighted by molar-refractivity contribution is 0.0303. The Morgan fingerprint density at radius 3 is 2.58 bits per heavy atom. The van der Waals surface area contributed by atoms with Crippen molar-refractivity contribution in [1.29, 1.82) is 0 Å². The third kappa shape index (κ3) is 4.66. The number of fused-ring (bicyclic) bond motifs is 1. The summed E-state index contributed by atoms with van der Waals surface area (Å²) in [4.78, 5) is 29.6. The Morgan fingerprint density at radius 2 is 1.90 bits per heavy atom. The number of ether oxygens (including phenoxy) is 1. The van der Waals surface area contributed by atoms with Crippen LogP contribution in [0.5, 0.6) is 0 Å². The van der Waals surface area contributed by atoms with Gasteiger partial charge in [-0.15, -0.1) is 11.3 Å². The second-order valence-corrected chi connectivity index (χ2v) is 10.9. The number of nitrogens with one attached hydrogen (secondary N) is 1. The van der Waals surface area contributed by atoms with Crippen LogP contribution in [0.4, 0.5) is 5.00 Å². The van der Waals surface area contributed by atoms with Crippen LogP contribution in [0.2, 0.25) is 5.02 Å². The highest BCUT2D eigenvalue weighted by molar-refractivity contribution is 7.17. The fourth-order valence-corrected chi connectivity index (χ4v) is 5.92. The summed E-state index contributed by atoms with van der Waals surface area (Å²) in [5.41, 5.74) is 2.39. The van der Waals surface area contributed by atoms with Crippen molar-refractivity contribution in [2.45, 2.75) is 40.0 Å². The quantitative estimate of drug-likeness (QED) is 0.678. The van der Waals surface area contributed by atoms with E-state index in [1.54, 1.807) is 35.6 Å². The number of morpholine rings is 1. The van der Waals surface area contributed by atoms with E-state index in [1.165, 1.54) is 4.88 Å². The van der Waals surface area contributed by atoms with E-state index in [-0.39, 0.29) is 17.2 Å². The third-order valence-electron chi connectivity index (χ3n) is 6.35. The van der Waals surface area contributed by atoms with Crippen LogP contribution < -0.4 is 5.32 Å². The molecule has 7 heteroatoms. The minimum atomic E-state index is -0.285. The number of rotatable bonds is 3. The molecule has 1 aliphatic carbocycles. The standard InChI is InChI=1S/C24H29ClN2O3S/c1-24(2,3)15-8-9-17-19(14-15)31-22(20(17)23(29)27-10-12-30-13-11-27)26-21(28)16-6-4-5-7-18(16)25/h4-7,15H,8-14H2,1-3H3,(H,26,28)/t15-/m1/s1. The summed E-state index contributed by atoms with van der Waals surface area (Å²) in [5.74, 6) is 0.258. The van der Waals surface area contributed by atoms with Crippen LogP contribution in [0, 0.1) is 11.3 Å². The summed E-state index contributed by atoms with van der Waals surface area (Å²) < 4.78 is 5.42. The molecule has 0 unspecified atom stereocenters. The Kier molecular flexibility index (Phi) is 6.42. The SMILES string of the molecule is CC(C)(C)[C@@H]1CCc2c(sc(NC(=O)c3ccccc3Cl)c2C(=O)N2CCOCC2)C1. The van der Waals surface area contributed by atoms with Gasteiger partial charge in [-0.2, -0.15) is 0 Å². The average molecular weight is 461 g/mol. The Labute approximate surface area is 192 Å². The van der Waals surface area contributed by atoms with Crippen molar-refractivity contribution in [3.05, 3.63) is 50.9 Å². The predicted molar refractivity (Wildman–Crippen MR) is 125 cm³/mol. The van der Waals surface area contributed by atoms with Gasteiger partial charge in [0.15, 0.2) is 0 Å². The maximum absolute atomic E-state index is 13.5. The lowest BCUT2D eigenvalue weighted by Gasteiger charge is -2.34. The molecule has 0 radical (unpaired) electrons. The number of hydrogen-bond donors (Lipinski definition) is 1. The maximum atomic E-state index is 13.5. The van der Waals surface area contributed by atoms with Crippen LogP contribution in [0.25, 0.3) is 0 Å². The van der Waals surface area contributed by atoms with Gasteiger partial charge >= 0.3 is 0 Å². The van der Waals surface area contributed by atoms with Gasteiger partial charge in [-0.05, 0) is 48.3 Å². The van der Waals surface area contributed by atoms with Crippen LogP contribution in [0.15, 0.2) is 24.3 Å². The van der Waals surface area contributed by atoms with E-state index < -0.39 is 0 Å². The van der Waals surface area contributed by atoms with Crippen LogP contribution in [-0.4, -0.2) is 43.0 Å². The van der Waals surface area contributed by atoms with Gasteiger partial charge in [-0.25, -0.2) is 0 Å². The highest BCUT2D eigenvalue weighted by Crippen LogP contribution is 2.44. The number of anilines is 1. The zero-order valence-electron chi connectivity index (χ0n) is 18.3. The first-order chi connectivity index (χ1) is 14.8. The van der Waals surface area contributed by atoms with Crippen molar-refractivity contribution in [3.63, 3.8) is 0 Å². The second kappa shape index (κ2) is 8.93. The van der Waals surface area contributed by atoms with E-state index in [4.69, 9.17) is 16.3 Å². The summed E-state index contributed by atoms with van der Waals surface area (Å²) in [6, 6.07) is 6.98. The first-order valence-electron chi connectivity index (χ1n) is 10.8. The molecule has 1 saturated heterocycles. The number of nitrogens with zero attached hydrogens (tertiary/aromatic N) is 1. The minimum Gasteiger partial charge on any atom is -0.378 e. The Morgan fingerprint density at radius 1 is 1.19 bits per heavy atom. The molecule has 2 amide bonds. The normalized spacial score (nSPS) is 19.1. The van der Waals surface area contributed by atoms with Crippen molar-refractivity contribution in [3.8, 4) is 0 Å². The number of carbonyl (C=O) groups is 2. The topological polar surface area (TPSA) is 58.6 Å². The van der Waals surface area contributed by atoms with Gasteiger partial charge in [0.1, 0.15) is 5.00 Å². The van der Waals surface area contributed by atoms with Crippen LogP contribution in [-0.2, 0) is 17.6 Å². The largest absolute Gasteiger partial charge is 0.378 e. The van der Waals surface area contributed by atoms with Gasteiger partial charge in [0, 0.05) is 18.0 Å². The Balaban J connectivity index is 1.69. The van der Waals surface area contributed by atoms with E-state index in [0.717, 1.165) is 24.8 Å². The number of halogens is 1. The van der Waals surface area contributed by atoms with Crippen molar-refractivity contribution in [2.75, 3.05) is 31.6 Å². The van der Waals surface area contributed by atoms with Gasteiger partial charge in [-0.3, -0.25) is 9.59 Å². The zero-order chi connectivity index (χ0) is 22.2. The highest BCUT2D eigenvalue weighted by Gasteiger charge is 2.35. The molecule has 0 spiro atoms. The molecule has 0 bridgehead atoms. The highest BCUT2D eigenvalue weighted by atomic mass is 35.5. The molecule has 5 nitrogen and oxygen atoms in total. The lowest BCUT2D eigenvalue weighted by atomic mass is 9.72. The Hall–Kier alpha value is -1.89. The van der Waals surface area contributed by atoms with Gasteiger partial charge in [0.2, 0.25) is 0 Å². The molecule has 1 atom stereocenters. The minimum absolute atomic E-state index is 0.00975. The number of carbonyl (C=O) groups excluding carboxylic acids is 2. The van der Waals surface area contributed by atoms with Gasteiger partial charge < -0.3 is 15.0 Å². The molecule has 31 heavy (non-hydrogen) atoms. The molecule has 2 aliphatic rings. The third-order valence-corrected chi connectivity index (χ3v) is 7.85. The van der Waals surface area contributed by atoms with Crippen molar-refractivity contribution >= 4 is 39.8 Å². The molecule has 2 heterocycles. The Bertz CT molecular complexity index is 989. The van der Waals surface area contributed by atoms with Crippen molar-refractivity contribution in [2.24, 2.45) is 11.3 Å². The van der Waals surface area contributed by atoms with E-state index in [0.29, 0.717) is 53.4 Å². The number of benzene rings is 1. The number of amides is 2. The van der Waals surface area contributed by atoms with Gasteiger partial charge in [-0.1, -0.05) is 44.5 Å². The van der Waals surface area contributed by atoms with E-state index in [1.807, 2.05) is 4.90 Å². The van der Waals surface area contributed by atoms with Gasteiger partial charge in [0.05, 0.1) is 29.4 Å². The molecule has 2 aromatic rings. The summed E-state index contributed by atoms with van der Waals surface area (Å²) in [7, 11) is 0. The molecular weight excluding hydrogens is 432 g/mol. The molecule has 1 aliphatic heterocycles. The van der Waals surface area contributed by atoms with Crippen LogP contribution >= 0.6 is 22.9 Å². The summed E-state index contributed by atoms with van der Waals surface area (Å²) >= 11 is 7.78. The summed E-state index contributed by atoms with van der Waals surface area (Å²) in [6.45, 7) is 9.07. The van der Waals surface area contributed by atoms with Crippen molar-refractivity contribution in [1.82, 2.24) is 4.90 Å². The maximum Gasteiger partial charge on any atom is 0.257 e. The summed E-state index contributed by atoms with van der Waals surface area (Å²) in [6.07, 6.45) is 2.85. The molecular formula is C24H29ClN2O3S. The number of hydrogen-bond acceptors (Lipinski definition) is 4. The first kappa shape index (κ1) is 22.3. The second-order valence-electron chi connectivity index (χ2n) is 9.35. The fourth-order valence-electron chi connectivity index (χ4n) is 4.38. The predicted octanol–water partition coefficient (Wildman–Crippen LogP) is 5.28. The smallest absolute Gasteiger partial charge is 0.257 e. The van der Waals surface area contributed by atoms with Gasteiger partial charge in [0.25, 0.3) is 11.8 Å².